The van der Waals surface area contributed by atoms with Gasteiger partial charge in [0, 0.05) is 6.07 Å². The molecule has 0 saturated heterocycles. The van der Waals surface area contributed by atoms with Crippen LogP contribution in [0.2, 0.25) is 0 Å². The summed E-state index contributed by atoms with van der Waals surface area (Å²) in [6, 6.07) is 3.51. The maximum Gasteiger partial charge on any atom is 0.416 e. The molecule has 0 aliphatic carbocycles. The van der Waals surface area contributed by atoms with Gasteiger partial charge < -0.3 is 9.47 Å². The number of rotatable bonds is 7. The van der Waals surface area contributed by atoms with Gasteiger partial charge in [-0.3, -0.25) is 0 Å². The highest BCUT2D eigenvalue weighted by atomic mass is 19.4. The summed E-state index contributed by atoms with van der Waals surface area (Å²) in [5.41, 5.74) is -0.743. The average Bonchev–Trinajstić information content (AvgIpc) is 2.35. The van der Waals surface area contributed by atoms with Gasteiger partial charge in [-0.2, -0.15) is 13.2 Å². The Balaban J connectivity index is 2.89. The Morgan fingerprint density at radius 2 is 1.47 bits per heavy atom. The fourth-order valence-electron chi connectivity index (χ4n) is 1.46. The van der Waals surface area contributed by atoms with Crippen molar-refractivity contribution in [1.29, 1.82) is 0 Å². The largest absolute Gasteiger partial charge is 0.493 e. The molecule has 0 spiro atoms. The van der Waals surface area contributed by atoms with Gasteiger partial charge in [-0.1, -0.05) is 20.3 Å². The third kappa shape index (κ3) is 5.41. The SMILES string of the molecule is CCCCOc1cc(OCCC)cc(C(F)(F)F)c1. The fourth-order valence-corrected chi connectivity index (χ4v) is 1.46. The minimum Gasteiger partial charge on any atom is -0.493 e. The first-order valence-electron chi connectivity index (χ1n) is 6.45. The van der Waals surface area contributed by atoms with Crippen LogP contribution < -0.4 is 9.47 Å². The van der Waals surface area contributed by atoms with Gasteiger partial charge in [0.2, 0.25) is 0 Å². The second-order valence-electron chi connectivity index (χ2n) is 4.24. The summed E-state index contributed by atoms with van der Waals surface area (Å²) in [4.78, 5) is 0. The first kappa shape index (κ1) is 15.7. The van der Waals surface area contributed by atoms with Crippen molar-refractivity contribution in [3.8, 4) is 11.5 Å². The molecule has 1 rings (SSSR count). The van der Waals surface area contributed by atoms with Crippen molar-refractivity contribution in [2.75, 3.05) is 13.2 Å². The van der Waals surface area contributed by atoms with E-state index in [0.29, 0.717) is 13.2 Å². The van der Waals surface area contributed by atoms with E-state index in [0.717, 1.165) is 31.4 Å². The van der Waals surface area contributed by atoms with E-state index in [9.17, 15) is 13.2 Å². The molecular weight excluding hydrogens is 257 g/mol. The predicted molar refractivity (Wildman–Crippen MR) is 67.6 cm³/mol. The van der Waals surface area contributed by atoms with Crippen molar-refractivity contribution in [1.82, 2.24) is 0 Å². The van der Waals surface area contributed by atoms with Gasteiger partial charge in [0.1, 0.15) is 11.5 Å². The Morgan fingerprint density at radius 3 is 1.95 bits per heavy atom. The summed E-state index contributed by atoms with van der Waals surface area (Å²) in [5.74, 6) is 0.401. The molecule has 0 aliphatic heterocycles. The highest BCUT2D eigenvalue weighted by Crippen LogP contribution is 2.35. The van der Waals surface area contributed by atoms with E-state index in [1.54, 1.807) is 0 Å². The van der Waals surface area contributed by atoms with Crippen molar-refractivity contribution in [2.24, 2.45) is 0 Å². The van der Waals surface area contributed by atoms with Crippen LogP contribution in [0.15, 0.2) is 18.2 Å². The number of ether oxygens (including phenoxy) is 2. The number of unbranched alkanes of at least 4 members (excludes halogenated alkanes) is 1. The molecule has 0 aliphatic rings. The molecule has 19 heavy (non-hydrogen) atoms. The fraction of sp³-hybridized carbons (Fsp3) is 0.571. The van der Waals surface area contributed by atoms with E-state index in [-0.39, 0.29) is 11.5 Å². The van der Waals surface area contributed by atoms with Gasteiger partial charge in [-0.15, -0.1) is 0 Å². The molecule has 5 heteroatoms. The molecule has 0 radical (unpaired) electrons. The van der Waals surface area contributed by atoms with Gasteiger partial charge in [-0.05, 0) is 25.0 Å². The monoisotopic (exact) mass is 276 g/mol. The summed E-state index contributed by atoms with van der Waals surface area (Å²) >= 11 is 0. The first-order valence-corrected chi connectivity index (χ1v) is 6.45. The maximum atomic E-state index is 12.7. The smallest absolute Gasteiger partial charge is 0.416 e. The van der Waals surface area contributed by atoms with Crippen LogP contribution in [0, 0.1) is 0 Å². The lowest BCUT2D eigenvalue weighted by atomic mass is 10.2. The van der Waals surface area contributed by atoms with Crippen LogP contribution in [0.25, 0.3) is 0 Å². The molecule has 0 unspecified atom stereocenters. The minimum atomic E-state index is -4.39. The lowest BCUT2D eigenvalue weighted by Crippen LogP contribution is -2.07. The van der Waals surface area contributed by atoms with Gasteiger partial charge in [0.25, 0.3) is 0 Å². The quantitative estimate of drug-likeness (QED) is 0.673. The van der Waals surface area contributed by atoms with Crippen molar-refractivity contribution in [3.63, 3.8) is 0 Å². The number of alkyl halides is 3. The molecule has 0 fully saturated rings. The zero-order chi connectivity index (χ0) is 14.3. The molecule has 0 aromatic heterocycles. The minimum absolute atomic E-state index is 0.197. The molecular formula is C14H19F3O2. The third-order valence-corrected chi connectivity index (χ3v) is 2.45. The van der Waals surface area contributed by atoms with Crippen LogP contribution >= 0.6 is 0 Å². The average molecular weight is 276 g/mol. The Bertz CT molecular complexity index is 389. The van der Waals surface area contributed by atoms with Crippen molar-refractivity contribution < 1.29 is 22.6 Å². The van der Waals surface area contributed by atoms with Gasteiger partial charge in [-0.25, -0.2) is 0 Å². The van der Waals surface area contributed by atoms with Gasteiger partial charge in [0.15, 0.2) is 0 Å². The first-order chi connectivity index (χ1) is 8.97. The summed E-state index contributed by atoms with van der Waals surface area (Å²) in [6.07, 6.45) is -1.92. The lowest BCUT2D eigenvalue weighted by Gasteiger charge is -2.13. The normalized spacial score (nSPS) is 11.4. The second kappa shape index (κ2) is 7.26. The summed E-state index contributed by atoms with van der Waals surface area (Å²) in [6.45, 7) is 4.68. The molecule has 0 heterocycles. The van der Waals surface area contributed by atoms with E-state index in [1.165, 1.54) is 6.07 Å². The molecule has 0 amide bonds. The number of hydrogen-bond acceptors (Lipinski definition) is 2. The van der Waals surface area contributed by atoms with Crippen LogP contribution in [0.1, 0.15) is 38.7 Å². The van der Waals surface area contributed by atoms with Crippen molar-refractivity contribution >= 4 is 0 Å². The standard InChI is InChI=1S/C14H19F3O2/c1-3-5-7-19-13-9-11(14(15,16)17)8-12(10-13)18-6-4-2/h8-10H,3-7H2,1-2H3. The number of benzene rings is 1. The highest BCUT2D eigenvalue weighted by Gasteiger charge is 2.31. The topological polar surface area (TPSA) is 18.5 Å². The van der Waals surface area contributed by atoms with Crippen LogP contribution in [-0.2, 0) is 6.18 Å². The van der Waals surface area contributed by atoms with Gasteiger partial charge >= 0.3 is 6.18 Å². The molecule has 108 valence electrons. The Labute approximate surface area is 111 Å². The Kier molecular flexibility index (Phi) is 5.99. The van der Waals surface area contributed by atoms with Crippen LogP contribution in [-0.4, -0.2) is 13.2 Å². The summed E-state index contributed by atoms with van der Waals surface area (Å²) in [5, 5.41) is 0. The summed E-state index contributed by atoms with van der Waals surface area (Å²) in [7, 11) is 0. The predicted octanol–water partition coefficient (Wildman–Crippen LogP) is 4.67. The maximum absolute atomic E-state index is 12.7. The van der Waals surface area contributed by atoms with Crippen molar-refractivity contribution in [3.05, 3.63) is 23.8 Å². The molecule has 1 aromatic rings. The summed E-state index contributed by atoms with van der Waals surface area (Å²) < 4.78 is 48.8. The van der Waals surface area contributed by atoms with E-state index < -0.39 is 11.7 Å². The van der Waals surface area contributed by atoms with Crippen LogP contribution in [0.5, 0.6) is 11.5 Å². The zero-order valence-electron chi connectivity index (χ0n) is 11.2. The van der Waals surface area contributed by atoms with E-state index in [4.69, 9.17) is 9.47 Å². The molecule has 0 saturated carbocycles. The molecule has 2 nitrogen and oxygen atoms in total. The Morgan fingerprint density at radius 1 is 0.895 bits per heavy atom. The Hall–Kier alpha value is -1.39. The third-order valence-electron chi connectivity index (χ3n) is 2.45. The molecule has 1 aromatic carbocycles. The van der Waals surface area contributed by atoms with Crippen molar-refractivity contribution in [2.45, 2.75) is 39.3 Å². The zero-order valence-corrected chi connectivity index (χ0v) is 11.2. The van der Waals surface area contributed by atoms with E-state index in [2.05, 4.69) is 0 Å². The van der Waals surface area contributed by atoms with Crippen LogP contribution in [0.4, 0.5) is 13.2 Å². The van der Waals surface area contributed by atoms with E-state index >= 15 is 0 Å². The molecule has 0 bridgehead atoms. The van der Waals surface area contributed by atoms with E-state index in [1.807, 2.05) is 13.8 Å². The second-order valence-corrected chi connectivity index (χ2v) is 4.24. The van der Waals surface area contributed by atoms with Gasteiger partial charge in [0.05, 0.1) is 18.8 Å². The number of hydrogen-bond donors (Lipinski definition) is 0. The highest BCUT2D eigenvalue weighted by molar-refractivity contribution is 5.39. The molecule has 0 atom stereocenters. The lowest BCUT2D eigenvalue weighted by molar-refractivity contribution is -0.137. The molecule has 0 N–H and O–H groups in total. The number of halogens is 3. The van der Waals surface area contributed by atoms with Crippen LogP contribution in [0.3, 0.4) is 0 Å².